The van der Waals surface area contributed by atoms with Crippen molar-refractivity contribution in [3.05, 3.63) is 30.5 Å². The van der Waals surface area contributed by atoms with Gasteiger partial charge < -0.3 is 5.32 Å². The van der Waals surface area contributed by atoms with Crippen molar-refractivity contribution in [1.82, 2.24) is 4.98 Å². The topological polar surface area (TPSA) is 24.9 Å². The van der Waals surface area contributed by atoms with Crippen molar-refractivity contribution in [3.63, 3.8) is 0 Å². The molecule has 0 unspecified atom stereocenters. The molecule has 0 fully saturated rings. The van der Waals surface area contributed by atoms with Crippen molar-refractivity contribution >= 4 is 28.4 Å². The van der Waals surface area contributed by atoms with E-state index in [1.807, 2.05) is 0 Å². The highest BCUT2D eigenvalue weighted by molar-refractivity contribution is 8.00. The zero-order valence-corrected chi connectivity index (χ0v) is 9.69. The first-order chi connectivity index (χ1) is 7.99. The molecule has 0 bridgehead atoms. The lowest BCUT2D eigenvalue weighted by atomic mass is 10.1. The standard InChI is InChI=1S/C11H9F3N2S/c1-15-10-9-6-8(17-11(12,13)14)3-2-7(9)4-5-16-10/h2-6H,1H3,(H,15,16). The molecule has 0 amide bonds. The average molecular weight is 258 g/mol. The molecule has 1 N–H and O–H groups in total. The van der Waals surface area contributed by atoms with Gasteiger partial charge in [-0.3, -0.25) is 0 Å². The normalized spacial score (nSPS) is 11.8. The highest BCUT2D eigenvalue weighted by atomic mass is 32.2. The quantitative estimate of drug-likeness (QED) is 0.827. The molecule has 0 aliphatic rings. The van der Waals surface area contributed by atoms with E-state index in [9.17, 15) is 13.2 Å². The summed E-state index contributed by atoms with van der Waals surface area (Å²) in [5, 5.41) is 4.40. The number of anilines is 1. The number of thioether (sulfide) groups is 1. The van der Waals surface area contributed by atoms with Crippen molar-refractivity contribution in [2.75, 3.05) is 12.4 Å². The Balaban J connectivity index is 2.48. The summed E-state index contributed by atoms with van der Waals surface area (Å²) in [6.45, 7) is 0. The van der Waals surface area contributed by atoms with Crippen LogP contribution in [-0.2, 0) is 0 Å². The van der Waals surface area contributed by atoms with Crippen LogP contribution in [0, 0.1) is 0 Å². The molecule has 6 heteroatoms. The van der Waals surface area contributed by atoms with E-state index in [2.05, 4.69) is 10.3 Å². The van der Waals surface area contributed by atoms with Gasteiger partial charge in [0.25, 0.3) is 0 Å². The van der Waals surface area contributed by atoms with E-state index >= 15 is 0 Å². The van der Waals surface area contributed by atoms with Gasteiger partial charge in [-0.25, -0.2) is 4.98 Å². The summed E-state index contributed by atoms with van der Waals surface area (Å²) >= 11 is -0.121. The molecule has 2 nitrogen and oxygen atoms in total. The summed E-state index contributed by atoms with van der Waals surface area (Å²) in [6, 6.07) is 6.37. The molecule has 0 saturated heterocycles. The average Bonchev–Trinajstić information content (AvgIpc) is 2.26. The minimum Gasteiger partial charge on any atom is -0.373 e. The Morgan fingerprint density at radius 3 is 2.65 bits per heavy atom. The molecule has 0 radical (unpaired) electrons. The number of nitrogens with one attached hydrogen (secondary N) is 1. The van der Waals surface area contributed by atoms with Gasteiger partial charge >= 0.3 is 5.51 Å². The number of aromatic nitrogens is 1. The number of hydrogen-bond acceptors (Lipinski definition) is 3. The SMILES string of the molecule is CNc1nccc2ccc(SC(F)(F)F)cc12. The summed E-state index contributed by atoms with van der Waals surface area (Å²) in [4.78, 5) is 4.22. The van der Waals surface area contributed by atoms with E-state index in [0.717, 1.165) is 5.39 Å². The van der Waals surface area contributed by atoms with E-state index in [1.165, 1.54) is 12.1 Å². The number of halogens is 3. The third-order valence-electron chi connectivity index (χ3n) is 2.21. The summed E-state index contributed by atoms with van der Waals surface area (Å²) in [5.74, 6) is 0.576. The molecule has 1 heterocycles. The Bertz CT molecular complexity index is 540. The van der Waals surface area contributed by atoms with Crippen LogP contribution in [-0.4, -0.2) is 17.5 Å². The first kappa shape index (κ1) is 12.0. The molecule has 0 saturated carbocycles. The van der Waals surface area contributed by atoms with Crippen LogP contribution in [0.4, 0.5) is 19.0 Å². The van der Waals surface area contributed by atoms with Crippen LogP contribution in [0.25, 0.3) is 10.8 Å². The summed E-state index contributed by atoms with van der Waals surface area (Å²) < 4.78 is 36.8. The fourth-order valence-electron chi connectivity index (χ4n) is 1.54. The largest absolute Gasteiger partial charge is 0.446 e. The van der Waals surface area contributed by atoms with Crippen LogP contribution in [0.2, 0.25) is 0 Å². The second-order valence-electron chi connectivity index (χ2n) is 3.34. The third-order valence-corrected chi connectivity index (χ3v) is 2.93. The Hall–Kier alpha value is -1.43. The van der Waals surface area contributed by atoms with Crippen molar-refractivity contribution in [3.8, 4) is 0 Å². The lowest BCUT2D eigenvalue weighted by molar-refractivity contribution is -0.0328. The van der Waals surface area contributed by atoms with E-state index < -0.39 is 5.51 Å². The van der Waals surface area contributed by atoms with Crippen LogP contribution < -0.4 is 5.32 Å². The maximum Gasteiger partial charge on any atom is 0.446 e. The number of alkyl halides is 3. The van der Waals surface area contributed by atoms with Gasteiger partial charge in [0, 0.05) is 23.5 Å². The molecule has 1 aromatic heterocycles. The Morgan fingerprint density at radius 2 is 2.00 bits per heavy atom. The maximum absolute atomic E-state index is 12.3. The van der Waals surface area contributed by atoms with Crippen molar-refractivity contribution < 1.29 is 13.2 Å². The van der Waals surface area contributed by atoms with Crippen LogP contribution in [0.15, 0.2) is 35.4 Å². The minimum absolute atomic E-state index is 0.121. The molecular formula is C11H9F3N2S. The first-order valence-corrected chi connectivity index (χ1v) is 5.63. The number of pyridine rings is 1. The molecule has 0 spiro atoms. The number of nitrogens with zero attached hydrogens (tertiary/aromatic N) is 1. The van der Waals surface area contributed by atoms with Crippen molar-refractivity contribution in [2.24, 2.45) is 0 Å². The summed E-state index contributed by atoms with van der Waals surface area (Å²) in [6.07, 6.45) is 1.62. The summed E-state index contributed by atoms with van der Waals surface area (Å²) in [5.41, 5.74) is -4.27. The Labute approximate surface area is 100 Å². The number of fused-ring (bicyclic) bond motifs is 1. The van der Waals surface area contributed by atoms with Crippen LogP contribution >= 0.6 is 11.8 Å². The van der Waals surface area contributed by atoms with E-state index in [-0.39, 0.29) is 16.7 Å². The summed E-state index contributed by atoms with van der Waals surface area (Å²) in [7, 11) is 1.69. The first-order valence-electron chi connectivity index (χ1n) is 4.82. The van der Waals surface area contributed by atoms with Gasteiger partial charge in [0.2, 0.25) is 0 Å². The van der Waals surface area contributed by atoms with E-state index in [1.54, 1.807) is 25.4 Å². The van der Waals surface area contributed by atoms with Gasteiger partial charge in [-0.05, 0) is 35.3 Å². The fourth-order valence-corrected chi connectivity index (χ4v) is 2.12. The lowest BCUT2D eigenvalue weighted by Gasteiger charge is -2.08. The molecule has 0 aliphatic heterocycles. The van der Waals surface area contributed by atoms with Gasteiger partial charge in [0.05, 0.1) is 0 Å². The van der Waals surface area contributed by atoms with Crippen molar-refractivity contribution in [1.29, 1.82) is 0 Å². The molecule has 90 valence electrons. The Morgan fingerprint density at radius 1 is 1.24 bits per heavy atom. The molecule has 1 aromatic carbocycles. The third kappa shape index (κ3) is 2.82. The molecule has 17 heavy (non-hydrogen) atoms. The minimum atomic E-state index is -4.27. The van der Waals surface area contributed by atoms with E-state index in [0.29, 0.717) is 11.2 Å². The second kappa shape index (κ2) is 4.44. The number of rotatable bonds is 2. The lowest BCUT2D eigenvalue weighted by Crippen LogP contribution is -1.99. The molecular weight excluding hydrogens is 249 g/mol. The predicted molar refractivity (Wildman–Crippen MR) is 63.2 cm³/mol. The zero-order chi connectivity index (χ0) is 12.5. The van der Waals surface area contributed by atoms with Gasteiger partial charge in [-0.1, -0.05) is 6.07 Å². The van der Waals surface area contributed by atoms with Gasteiger partial charge in [0.15, 0.2) is 0 Å². The number of hydrogen-bond donors (Lipinski definition) is 1. The zero-order valence-electron chi connectivity index (χ0n) is 8.88. The number of benzene rings is 1. The van der Waals surface area contributed by atoms with Crippen LogP contribution in [0.1, 0.15) is 0 Å². The van der Waals surface area contributed by atoms with Gasteiger partial charge in [-0.2, -0.15) is 13.2 Å². The highest BCUT2D eigenvalue weighted by Gasteiger charge is 2.29. The van der Waals surface area contributed by atoms with Gasteiger partial charge in [-0.15, -0.1) is 0 Å². The molecule has 2 aromatic rings. The van der Waals surface area contributed by atoms with E-state index in [4.69, 9.17) is 0 Å². The Kier molecular flexibility index (Phi) is 3.15. The second-order valence-corrected chi connectivity index (χ2v) is 4.48. The highest BCUT2D eigenvalue weighted by Crippen LogP contribution is 2.38. The predicted octanol–water partition coefficient (Wildman–Crippen LogP) is 3.89. The van der Waals surface area contributed by atoms with Crippen molar-refractivity contribution in [2.45, 2.75) is 10.4 Å². The monoisotopic (exact) mass is 258 g/mol. The van der Waals surface area contributed by atoms with Crippen LogP contribution in [0.5, 0.6) is 0 Å². The molecule has 0 aliphatic carbocycles. The van der Waals surface area contributed by atoms with Gasteiger partial charge in [0.1, 0.15) is 5.82 Å². The fraction of sp³-hybridized carbons (Fsp3) is 0.182. The molecule has 2 rings (SSSR count). The molecule has 0 atom stereocenters. The van der Waals surface area contributed by atoms with Crippen LogP contribution in [0.3, 0.4) is 0 Å². The maximum atomic E-state index is 12.3. The smallest absolute Gasteiger partial charge is 0.373 e.